The van der Waals surface area contributed by atoms with Crippen LogP contribution in [-0.4, -0.2) is 64.3 Å². The minimum Gasteiger partial charge on any atom is -0.332 e. The Bertz CT molecular complexity index is 517. The molecule has 1 aromatic rings. The van der Waals surface area contributed by atoms with E-state index in [1.54, 1.807) is 6.20 Å². The highest BCUT2D eigenvalue weighted by atomic mass is 19.4. The van der Waals surface area contributed by atoms with E-state index in [1.165, 1.54) is 0 Å². The maximum absolute atomic E-state index is 12.5. The van der Waals surface area contributed by atoms with E-state index in [0.717, 1.165) is 30.0 Å². The molecule has 22 heavy (non-hydrogen) atoms. The lowest BCUT2D eigenvalue weighted by Gasteiger charge is -2.35. The number of halogens is 3. The summed E-state index contributed by atoms with van der Waals surface area (Å²) in [5, 5.41) is 6.89. The van der Waals surface area contributed by atoms with E-state index in [2.05, 4.69) is 10.2 Å². The molecule has 1 aromatic heterocycles. The van der Waals surface area contributed by atoms with Crippen molar-refractivity contribution < 1.29 is 18.0 Å². The number of hydrogen-bond acceptors (Lipinski definition) is 3. The molecule has 2 fully saturated rings. The van der Waals surface area contributed by atoms with Crippen LogP contribution in [0, 0.1) is 0 Å². The molecule has 2 aliphatic heterocycles. The summed E-state index contributed by atoms with van der Waals surface area (Å²) in [6, 6.07) is 1.51. The quantitative estimate of drug-likeness (QED) is 0.924. The Hall–Kier alpha value is -1.57. The number of carbonyl (C=O) groups is 1. The van der Waals surface area contributed by atoms with Gasteiger partial charge in [0, 0.05) is 30.9 Å². The molecule has 2 atom stereocenters. The van der Waals surface area contributed by atoms with Crippen molar-refractivity contribution in [3.05, 3.63) is 18.0 Å². The predicted molar refractivity (Wildman–Crippen MR) is 73.2 cm³/mol. The first-order valence-electron chi connectivity index (χ1n) is 7.53. The molecular formula is C14H19F3N4O. The normalized spacial score (nSPS) is 27.6. The van der Waals surface area contributed by atoms with Gasteiger partial charge >= 0.3 is 6.18 Å². The summed E-state index contributed by atoms with van der Waals surface area (Å²) in [7, 11) is 0. The molecule has 0 aliphatic carbocycles. The van der Waals surface area contributed by atoms with E-state index >= 15 is 0 Å². The predicted octanol–water partition coefficient (Wildman–Crippen LogP) is 1.75. The van der Waals surface area contributed by atoms with Gasteiger partial charge in [0.1, 0.15) is 6.54 Å². The van der Waals surface area contributed by atoms with Gasteiger partial charge in [0.25, 0.3) is 0 Å². The van der Waals surface area contributed by atoms with Gasteiger partial charge in [-0.1, -0.05) is 0 Å². The fraction of sp³-hybridized carbons (Fsp3) is 0.714. The molecule has 3 heterocycles. The molecule has 0 saturated carbocycles. The average molecular weight is 316 g/mol. The summed E-state index contributed by atoms with van der Waals surface area (Å²) >= 11 is 0. The van der Waals surface area contributed by atoms with Crippen LogP contribution in [0.25, 0.3) is 0 Å². The second kappa shape index (κ2) is 5.91. The first-order valence-corrected chi connectivity index (χ1v) is 7.53. The lowest BCUT2D eigenvalue weighted by atomic mass is 9.93. The van der Waals surface area contributed by atoms with Crippen molar-refractivity contribution in [2.45, 2.75) is 37.4 Å². The molecule has 0 unspecified atom stereocenters. The van der Waals surface area contributed by atoms with Gasteiger partial charge in [-0.15, -0.1) is 0 Å². The van der Waals surface area contributed by atoms with E-state index in [9.17, 15) is 18.0 Å². The smallest absolute Gasteiger partial charge is 0.332 e. The fourth-order valence-corrected chi connectivity index (χ4v) is 3.47. The maximum atomic E-state index is 12.5. The van der Waals surface area contributed by atoms with Crippen molar-refractivity contribution >= 4 is 5.91 Å². The highest BCUT2D eigenvalue weighted by molar-refractivity contribution is 5.84. The highest BCUT2D eigenvalue weighted by Gasteiger charge is 2.42. The third kappa shape index (κ3) is 3.26. The number of piperidine rings is 1. The van der Waals surface area contributed by atoms with Crippen LogP contribution in [0.1, 0.15) is 30.9 Å². The first kappa shape index (κ1) is 15.3. The SMILES string of the molecule is O=C1[C@@H](N2CCC[C@H](c3ccn[nH]3)C2)CCN1CC(F)(F)F. The average Bonchev–Trinajstić information content (AvgIpc) is 3.09. The molecule has 2 saturated heterocycles. The number of H-pyrrole nitrogens is 1. The molecule has 2 aliphatic rings. The van der Waals surface area contributed by atoms with Gasteiger partial charge in [0.2, 0.25) is 5.91 Å². The Kier molecular flexibility index (Phi) is 4.12. The Morgan fingerprint density at radius 1 is 1.32 bits per heavy atom. The lowest BCUT2D eigenvalue weighted by molar-refractivity contribution is -0.159. The first-order chi connectivity index (χ1) is 10.4. The summed E-state index contributed by atoms with van der Waals surface area (Å²) in [5.41, 5.74) is 1.03. The number of likely N-dealkylation sites (tertiary alicyclic amines) is 2. The Balaban J connectivity index is 1.63. The van der Waals surface area contributed by atoms with Crippen molar-refractivity contribution in [2.24, 2.45) is 0 Å². The molecule has 3 rings (SSSR count). The van der Waals surface area contributed by atoms with Crippen LogP contribution in [0.4, 0.5) is 13.2 Å². The number of aromatic nitrogens is 2. The Morgan fingerprint density at radius 3 is 2.82 bits per heavy atom. The second-order valence-electron chi connectivity index (χ2n) is 6.03. The molecule has 5 nitrogen and oxygen atoms in total. The van der Waals surface area contributed by atoms with Crippen LogP contribution >= 0.6 is 0 Å². The van der Waals surface area contributed by atoms with Crippen LogP contribution < -0.4 is 0 Å². The van der Waals surface area contributed by atoms with Gasteiger partial charge in [-0.2, -0.15) is 18.3 Å². The summed E-state index contributed by atoms with van der Waals surface area (Å²) in [6.45, 7) is 0.508. The van der Waals surface area contributed by atoms with E-state index in [1.807, 2.05) is 11.0 Å². The van der Waals surface area contributed by atoms with Gasteiger partial charge in [-0.25, -0.2) is 0 Å². The second-order valence-corrected chi connectivity index (χ2v) is 6.03. The van der Waals surface area contributed by atoms with Crippen LogP contribution in [-0.2, 0) is 4.79 Å². The van der Waals surface area contributed by atoms with Crippen molar-refractivity contribution in [1.29, 1.82) is 0 Å². The van der Waals surface area contributed by atoms with Crippen LogP contribution in [0.15, 0.2) is 12.3 Å². The zero-order chi connectivity index (χ0) is 15.7. The number of aromatic amines is 1. The minimum absolute atomic E-state index is 0.189. The van der Waals surface area contributed by atoms with Gasteiger partial charge in [-0.3, -0.25) is 14.8 Å². The topological polar surface area (TPSA) is 52.2 Å². The van der Waals surface area contributed by atoms with Crippen molar-refractivity contribution in [3.8, 4) is 0 Å². The van der Waals surface area contributed by atoms with E-state index < -0.39 is 18.8 Å². The highest BCUT2D eigenvalue weighted by Crippen LogP contribution is 2.30. The van der Waals surface area contributed by atoms with E-state index in [0.29, 0.717) is 13.0 Å². The fourth-order valence-electron chi connectivity index (χ4n) is 3.47. The zero-order valence-corrected chi connectivity index (χ0v) is 12.1. The van der Waals surface area contributed by atoms with Crippen LogP contribution in [0.5, 0.6) is 0 Å². The summed E-state index contributed by atoms with van der Waals surface area (Å²) < 4.78 is 37.4. The number of nitrogens with one attached hydrogen (secondary N) is 1. The Labute approximate surface area is 126 Å². The molecule has 0 radical (unpaired) electrons. The molecule has 1 N–H and O–H groups in total. The lowest BCUT2D eigenvalue weighted by Crippen LogP contribution is -2.47. The zero-order valence-electron chi connectivity index (χ0n) is 12.1. The van der Waals surface area contributed by atoms with Gasteiger partial charge in [-0.05, 0) is 31.9 Å². The van der Waals surface area contributed by atoms with Crippen molar-refractivity contribution in [3.63, 3.8) is 0 Å². The maximum Gasteiger partial charge on any atom is 0.406 e. The van der Waals surface area contributed by atoms with E-state index in [4.69, 9.17) is 0 Å². The monoisotopic (exact) mass is 316 g/mol. The number of amides is 1. The molecule has 8 heteroatoms. The molecule has 0 spiro atoms. The molecular weight excluding hydrogens is 297 g/mol. The van der Waals surface area contributed by atoms with Gasteiger partial charge in [0.15, 0.2) is 0 Å². The third-order valence-electron chi connectivity index (χ3n) is 4.50. The third-order valence-corrected chi connectivity index (χ3v) is 4.50. The summed E-state index contributed by atoms with van der Waals surface area (Å²) in [6.07, 6.45) is -0.214. The van der Waals surface area contributed by atoms with Gasteiger partial charge in [0.05, 0.1) is 6.04 Å². The number of nitrogens with zero attached hydrogens (tertiary/aromatic N) is 3. The van der Waals surface area contributed by atoms with Crippen LogP contribution in [0.3, 0.4) is 0 Å². The summed E-state index contributed by atoms with van der Waals surface area (Å²) in [5.74, 6) is -0.122. The Morgan fingerprint density at radius 2 is 2.14 bits per heavy atom. The standard InChI is InChI=1S/C14H19F3N4O/c15-14(16,17)9-21-7-4-12(13(21)22)20-6-1-2-10(8-20)11-3-5-18-19-11/h3,5,10,12H,1-2,4,6-9H2,(H,18,19)/t10-,12-/m0/s1. The largest absolute Gasteiger partial charge is 0.406 e. The summed E-state index contributed by atoms with van der Waals surface area (Å²) in [4.78, 5) is 15.2. The number of rotatable bonds is 3. The van der Waals surface area contributed by atoms with Crippen LogP contribution in [0.2, 0.25) is 0 Å². The van der Waals surface area contributed by atoms with Crippen molar-refractivity contribution in [2.75, 3.05) is 26.2 Å². The minimum atomic E-state index is -4.33. The number of carbonyl (C=O) groups excluding carboxylic acids is 1. The molecule has 122 valence electrons. The van der Waals surface area contributed by atoms with Gasteiger partial charge < -0.3 is 4.90 Å². The molecule has 0 bridgehead atoms. The molecule has 0 aromatic carbocycles. The van der Waals surface area contributed by atoms with E-state index in [-0.39, 0.29) is 18.4 Å². The number of alkyl halides is 3. The number of hydrogen-bond donors (Lipinski definition) is 1. The van der Waals surface area contributed by atoms with Crippen molar-refractivity contribution in [1.82, 2.24) is 20.0 Å². The molecule has 1 amide bonds.